The molecule has 2 rings (SSSR count). The van der Waals surface area contributed by atoms with Crippen LogP contribution in [0.4, 0.5) is 0 Å². The van der Waals surface area contributed by atoms with Gasteiger partial charge in [0.2, 0.25) is 0 Å². The average Bonchev–Trinajstić information content (AvgIpc) is 3.15. The second-order valence-corrected chi connectivity index (χ2v) is 10.1. The number of ether oxygens (including phenoxy) is 2. The first-order chi connectivity index (χ1) is 25.3. The first-order valence-corrected chi connectivity index (χ1v) is 15.3. The van der Waals surface area contributed by atoms with E-state index in [9.17, 15) is 35.4 Å². The van der Waals surface area contributed by atoms with E-state index in [2.05, 4.69) is 136 Å². The Bertz CT molecular complexity index is 2170. The number of aliphatic hydroxyl groups excluding tert-OH is 6. The van der Waals surface area contributed by atoms with E-state index in [-0.39, 0.29) is 37.8 Å². The van der Waals surface area contributed by atoms with Crippen LogP contribution in [0.2, 0.25) is 0 Å². The fourth-order valence-electron chi connectivity index (χ4n) is 3.94. The lowest BCUT2D eigenvalue weighted by molar-refractivity contribution is -0.303. The second kappa shape index (κ2) is 25.5. The molecule has 1 aromatic rings. The molecule has 1 aliphatic heterocycles. The fraction of sp³-hybridized carbons (Fsp3) is 0.310. The van der Waals surface area contributed by atoms with Gasteiger partial charge in [-0.1, -0.05) is 36.3 Å². The first kappa shape index (κ1) is 41.7. The number of rotatable bonds is 10. The molecule has 1 fully saturated rings. The van der Waals surface area contributed by atoms with Gasteiger partial charge in [-0.05, 0) is 120 Å². The van der Waals surface area contributed by atoms with Crippen LogP contribution in [0.3, 0.4) is 0 Å². The van der Waals surface area contributed by atoms with Crippen LogP contribution in [0.5, 0.6) is 0 Å². The van der Waals surface area contributed by atoms with Gasteiger partial charge >= 0.3 is 0 Å². The lowest BCUT2D eigenvalue weighted by Gasteiger charge is -2.40. The number of hydrogen-bond acceptors (Lipinski definition) is 9. The molecule has 0 aromatic heterocycles. The average molecular weight is 738 g/mol. The molecule has 1 saturated heterocycles. The Kier molecular flexibility index (Phi) is 20.4. The zero-order chi connectivity index (χ0) is 37.8. The highest BCUT2D eigenvalue weighted by Gasteiger charge is 2.44. The molecule has 0 spiro atoms. The molecule has 0 bridgehead atoms. The molecule has 52 heavy (non-hydrogen) atoms. The van der Waals surface area contributed by atoms with E-state index in [4.69, 9.17) is 9.47 Å². The molecular formula is C42H75NO9. The minimum absolute atomic E-state index is 0. The van der Waals surface area contributed by atoms with Crippen LogP contribution < -0.4 is 5.32 Å². The molecular weight excluding hydrogens is 662 g/mol. The van der Waals surface area contributed by atoms with Crippen molar-refractivity contribution in [3.63, 3.8) is 0 Å². The summed E-state index contributed by atoms with van der Waals surface area (Å²) in [5.41, 5.74) is 0.917. The number of aryl methyl sites for hydroxylation is 1. The number of amides is 1. The van der Waals surface area contributed by atoms with Crippen LogP contribution in [0.15, 0.2) is 30.3 Å². The Morgan fingerprint density at radius 1 is 0.750 bits per heavy atom. The molecule has 0 saturated carbocycles. The zero-order valence-electron chi connectivity index (χ0n) is 27.7. The molecule has 1 aromatic carbocycles. The zero-order valence-corrected chi connectivity index (χ0v) is 27.7. The van der Waals surface area contributed by atoms with Crippen molar-refractivity contribution < 1.29 is 76.3 Å². The summed E-state index contributed by atoms with van der Waals surface area (Å²) in [6.07, 6.45) is -10.1. The number of nitrogens with one attached hydrogen (secondary N) is 1. The molecule has 1 heterocycles. The third-order valence-corrected chi connectivity index (χ3v) is 6.47. The molecule has 5 unspecified atom stereocenters. The molecule has 1 aliphatic rings. The van der Waals surface area contributed by atoms with Crippen LogP contribution in [0.1, 0.15) is 50.3 Å². The minimum atomic E-state index is -1.72. The van der Waals surface area contributed by atoms with Crippen molar-refractivity contribution in [1.82, 2.24) is 5.32 Å². The third kappa shape index (κ3) is 16.8. The highest BCUT2D eigenvalue weighted by atomic mass is 16.7. The fourth-order valence-corrected chi connectivity index (χ4v) is 3.94. The van der Waals surface area contributed by atoms with Crippen LogP contribution in [-0.2, 0) is 20.7 Å². The summed E-state index contributed by atoms with van der Waals surface area (Å²) in [4.78, 5) is 12.6. The van der Waals surface area contributed by atoms with E-state index in [0.29, 0.717) is 6.42 Å². The van der Waals surface area contributed by atoms with Crippen LogP contribution in [-0.4, -0.2) is 98.7 Å². The highest BCUT2D eigenvalue weighted by molar-refractivity contribution is 5.94. The van der Waals surface area contributed by atoms with Crippen molar-refractivity contribution in [3.05, 3.63) is 35.9 Å². The van der Waals surface area contributed by atoms with Gasteiger partial charge in [-0.25, -0.2) is 0 Å². The van der Waals surface area contributed by atoms with Gasteiger partial charge in [-0.3, -0.25) is 4.79 Å². The van der Waals surface area contributed by atoms with Crippen molar-refractivity contribution in [2.24, 2.45) is 0 Å². The van der Waals surface area contributed by atoms with Gasteiger partial charge in [0.25, 0.3) is 5.91 Å². The minimum Gasteiger partial charge on any atom is -0.394 e. The quantitative estimate of drug-likeness (QED) is 0.179. The summed E-state index contributed by atoms with van der Waals surface area (Å²) in [6.45, 7) is 0.472. The summed E-state index contributed by atoms with van der Waals surface area (Å²) in [5.74, 6) is 53.1. The summed E-state index contributed by atoms with van der Waals surface area (Å²) < 4.78 is 10.8. The van der Waals surface area contributed by atoms with Crippen LogP contribution >= 0.6 is 0 Å². The largest absolute Gasteiger partial charge is 0.394 e. The maximum atomic E-state index is 12.6. The Morgan fingerprint density at radius 3 is 1.71 bits per heavy atom. The number of aliphatic hydroxyl groups is 6. The molecule has 7 N–H and O–H groups in total. The van der Waals surface area contributed by atoms with Gasteiger partial charge in [-0.15, -0.1) is 0 Å². The summed E-state index contributed by atoms with van der Waals surface area (Å²) in [7, 11) is 0. The molecule has 10 heteroatoms. The van der Waals surface area contributed by atoms with Gasteiger partial charge in [0.1, 0.15) is 30.5 Å². The number of benzene rings is 1. The maximum Gasteiger partial charge on any atom is 0.297 e. The lowest BCUT2D eigenvalue weighted by atomic mass is 9.98. The van der Waals surface area contributed by atoms with E-state index in [1.54, 1.807) is 6.92 Å². The van der Waals surface area contributed by atoms with Crippen LogP contribution in [0.25, 0.3) is 0 Å². The van der Waals surface area contributed by atoms with Gasteiger partial charge in [0, 0.05) is 61.0 Å². The van der Waals surface area contributed by atoms with E-state index in [1.165, 1.54) is 0 Å². The van der Waals surface area contributed by atoms with Crippen molar-refractivity contribution in [3.8, 4) is 130 Å². The Labute approximate surface area is 336 Å². The smallest absolute Gasteiger partial charge is 0.297 e. The van der Waals surface area contributed by atoms with Crippen LogP contribution in [0, 0.1) is 130 Å². The van der Waals surface area contributed by atoms with Gasteiger partial charge < -0.3 is 45.4 Å². The first-order valence-electron chi connectivity index (χ1n) is 15.3. The van der Waals surface area contributed by atoms with Crippen molar-refractivity contribution in [1.29, 1.82) is 0 Å². The number of carbonyl (C=O) groups is 1. The molecule has 8 atom stereocenters. The molecule has 10 nitrogen and oxygen atoms in total. The third-order valence-electron chi connectivity index (χ3n) is 6.47. The predicted molar refractivity (Wildman–Crippen MR) is 236 cm³/mol. The van der Waals surface area contributed by atoms with E-state index < -0.39 is 68.1 Å². The summed E-state index contributed by atoms with van der Waals surface area (Å²) >= 11 is 0. The predicted octanol–water partition coefficient (Wildman–Crippen LogP) is 3.11. The molecule has 1 amide bonds. The lowest BCUT2D eigenvalue weighted by Crippen LogP contribution is -2.60. The number of carbonyl (C=O) groups excluding carboxylic acids is 1. The number of hydrogen-bond donors (Lipinski definition) is 7. The highest BCUT2D eigenvalue weighted by Crippen LogP contribution is 2.22. The Morgan fingerprint density at radius 2 is 1.23 bits per heavy atom. The summed E-state index contributed by atoms with van der Waals surface area (Å²) in [5, 5.41) is 63.8. The van der Waals surface area contributed by atoms with Crippen molar-refractivity contribution >= 4 is 5.91 Å². The normalized spacial score (nSPS) is 18.9. The van der Waals surface area contributed by atoms with Gasteiger partial charge in [0.15, 0.2) is 6.29 Å². The van der Waals surface area contributed by atoms with Gasteiger partial charge in [-0.2, -0.15) is 0 Å². The van der Waals surface area contributed by atoms with E-state index >= 15 is 0 Å². The van der Waals surface area contributed by atoms with E-state index in [1.807, 2.05) is 30.3 Å². The molecule has 0 aliphatic carbocycles. The van der Waals surface area contributed by atoms with Crippen molar-refractivity contribution in [2.75, 3.05) is 13.2 Å². The monoisotopic (exact) mass is 738 g/mol. The topological polar surface area (TPSA) is 169 Å². The van der Waals surface area contributed by atoms with E-state index in [0.717, 1.165) is 5.56 Å². The summed E-state index contributed by atoms with van der Waals surface area (Å²) in [6, 6.07) is 7.96. The standard InChI is InChI=1S/C42H31NO9.22H2/c1-2-3-4-5-6-7-8-9-10-11-12-13-14-15-16-17-18-19-20-21-25-28-37(46)43-34(38(47)35(45)30-29-33-26-23-22-24-27-33)32-51-42-41(50)40(49)39(48)36(31-44)52-42;;;;;;;;;;;;;;;;;;;;;;/h22-24,26-27,34-36,38-42,44-45,47-50H,29-32H2,1H3,(H,43,46);22*1H/t34-,35+,36?,38-,39?,40?,41?,42?;;;;;;;;;;;;;;;;;;;;;;/m0....................../s1. The maximum absolute atomic E-state index is 12.6. The Balaban J connectivity index is -0.0000000672. The van der Waals surface area contributed by atoms with Crippen molar-refractivity contribution in [2.45, 2.75) is 68.7 Å². The van der Waals surface area contributed by atoms with Gasteiger partial charge in [0.05, 0.1) is 25.4 Å². The molecule has 0 radical (unpaired) electrons. The molecule has 302 valence electrons. The second-order valence-electron chi connectivity index (χ2n) is 10.1. The Hall–Kier alpha value is -6.47. The SMILES string of the molecule is CC#CC#CC#CC#CC#CC#CC#CC#CC#CC#CC#CC(=O)N[C@@H](COC1OC(CO)C(O)C(O)C1O)[C@H](O)[C@H](O)CCc1ccccc1.[HH].[HH].[HH].[HH].[HH].[HH].[HH].[HH].[HH].[HH].[HH].[HH].[HH].[HH].[HH].[HH].[HH].[HH].[HH].[HH].[HH].[HH].